The first kappa shape index (κ1) is 25.4. The number of carbonyl (C=O) groups is 3. The summed E-state index contributed by atoms with van der Waals surface area (Å²) in [4.78, 5) is 46.7. The second-order valence-corrected chi connectivity index (χ2v) is 9.95. The van der Waals surface area contributed by atoms with E-state index in [0.29, 0.717) is 50.4 Å². The molecule has 38 heavy (non-hydrogen) atoms. The van der Waals surface area contributed by atoms with Gasteiger partial charge in [-0.2, -0.15) is 4.68 Å². The van der Waals surface area contributed by atoms with E-state index in [0.717, 1.165) is 5.56 Å². The Kier molecular flexibility index (Phi) is 6.87. The van der Waals surface area contributed by atoms with Crippen LogP contribution in [0.1, 0.15) is 41.0 Å². The predicted octanol–water partition coefficient (Wildman–Crippen LogP) is 1.52. The Hall–Kier alpha value is -4.22. The number of pyridine rings is 1. The molecule has 1 aromatic carbocycles. The van der Waals surface area contributed by atoms with E-state index in [1.165, 1.54) is 16.8 Å². The minimum absolute atomic E-state index is 0.00912. The van der Waals surface area contributed by atoms with Crippen LogP contribution in [0, 0.1) is 24.1 Å². The molecule has 1 saturated carbocycles. The highest BCUT2D eigenvalue weighted by Crippen LogP contribution is 2.48. The van der Waals surface area contributed by atoms with E-state index in [2.05, 4.69) is 25.8 Å². The Bertz CT molecular complexity index is 1360. The van der Waals surface area contributed by atoms with Gasteiger partial charge in [0, 0.05) is 51.2 Å². The van der Waals surface area contributed by atoms with E-state index in [4.69, 9.17) is 0 Å². The molecular weight excluding hydrogens is 491 g/mol. The van der Waals surface area contributed by atoms with E-state index in [9.17, 15) is 18.8 Å². The van der Waals surface area contributed by atoms with Crippen LogP contribution in [-0.4, -0.2) is 79.4 Å². The van der Waals surface area contributed by atoms with Crippen molar-refractivity contribution >= 4 is 17.7 Å². The lowest BCUT2D eigenvalue weighted by Gasteiger charge is -2.27. The number of hydrogen-bond acceptors (Lipinski definition) is 7. The van der Waals surface area contributed by atoms with Crippen LogP contribution in [0.25, 0.3) is 5.69 Å². The molecule has 1 N–H and O–H groups in total. The molecule has 2 fully saturated rings. The van der Waals surface area contributed by atoms with Crippen molar-refractivity contribution in [2.75, 3.05) is 26.7 Å². The number of aromatic nitrogens is 5. The van der Waals surface area contributed by atoms with Gasteiger partial charge in [-0.25, -0.2) is 4.39 Å². The van der Waals surface area contributed by atoms with Crippen LogP contribution in [0.4, 0.5) is 4.39 Å². The van der Waals surface area contributed by atoms with Crippen molar-refractivity contribution in [2.45, 2.75) is 32.7 Å². The number of nitrogens with one attached hydrogen (secondary N) is 1. The molecule has 1 unspecified atom stereocenters. The van der Waals surface area contributed by atoms with Crippen molar-refractivity contribution in [1.82, 2.24) is 40.3 Å². The van der Waals surface area contributed by atoms with Crippen LogP contribution in [0.5, 0.6) is 0 Å². The largest absolute Gasteiger partial charge is 0.358 e. The summed E-state index contributed by atoms with van der Waals surface area (Å²) in [6.45, 7) is 3.30. The van der Waals surface area contributed by atoms with Crippen LogP contribution in [0.2, 0.25) is 0 Å². The smallest absolute Gasteiger partial charge is 0.254 e. The number of likely N-dealkylation sites (tertiary alicyclic amines) is 1. The van der Waals surface area contributed by atoms with Crippen LogP contribution in [0.3, 0.4) is 0 Å². The maximum atomic E-state index is 14.6. The van der Waals surface area contributed by atoms with Crippen molar-refractivity contribution in [3.05, 3.63) is 65.5 Å². The maximum Gasteiger partial charge on any atom is 0.254 e. The molecule has 12 heteroatoms. The standard InChI is InChI=1S/C26H29FN8O3/c1-17-30-31-32-35(17)22-11-20(10-21(27)12-22)23(36)34(14-18-4-3-8-29-13-18)16-19-5-9-33(15-19)25(38)26(6-7-26)24(37)28-2/h3-4,8,10-13,19H,5-7,9,14-16H2,1-2H3,(H,28,37). The van der Waals surface area contributed by atoms with Gasteiger partial charge in [-0.05, 0) is 72.4 Å². The average molecular weight is 521 g/mol. The molecular formula is C26H29FN8O3. The van der Waals surface area contributed by atoms with E-state index in [1.54, 1.807) is 48.3 Å². The zero-order chi connectivity index (χ0) is 26.9. The Morgan fingerprint density at radius 3 is 2.71 bits per heavy atom. The summed E-state index contributed by atoms with van der Waals surface area (Å²) in [7, 11) is 1.54. The maximum absolute atomic E-state index is 14.6. The quantitative estimate of drug-likeness (QED) is 0.446. The SMILES string of the molecule is CNC(=O)C1(C(=O)N2CCC(CN(Cc3cccnc3)C(=O)c3cc(F)cc(-n4nnnc4C)c3)C2)CC1. The Labute approximate surface area is 219 Å². The molecule has 1 aliphatic heterocycles. The molecule has 3 amide bonds. The molecule has 0 bridgehead atoms. The third kappa shape index (κ3) is 4.98. The number of benzene rings is 1. The lowest BCUT2D eigenvalue weighted by atomic mass is 10.0. The number of tetrazole rings is 1. The molecule has 198 valence electrons. The van der Waals surface area contributed by atoms with Crippen molar-refractivity contribution in [2.24, 2.45) is 11.3 Å². The number of rotatable bonds is 8. The van der Waals surface area contributed by atoms with Gasteiger partial charge in [0.2, 0.25) is 11.8 Å². The second-order valence-electron chi connectivity index (χ2n) is 9.95. The summed E-state index contributed by atoms with van der Waals surface area (Å²) in [5.74, 6) is -0.843. The zero-order valence-electron chi connectivity index (χ0n) is 21.3. The van der Waals surface area contributed by atoms with Crippen LogP contribution in [0.15, 0.2) is 42.7 Å². The van der Waals surface area contributed by atoms with Crippen molar-refractivity contribution in [1.29, 1.82) is 0 Å². The summed E-state index contributed by atoms with van der Waals surface area (Å²) in [6, 6.07) is 7.70. The first-order chi connectivity index (χ1) is 18.3. The zero-order valence-corrected chi connectivity index (χ0v) is 21.3. The normalized spacial score (nSPS) is 17.8. The monoisotopic (exact) mass is 520 g/mol. The minimum Gasteiger partial charge on any atom is -0.358 e. The lowest BCUT2D eigenvalue weighted by molar-refractivity contribution is -0.143. The van der Waals surface area contributed by atoms with Gasteiger partial charge in [0.15, 0.2) is 5.82 Å². The number of carbonyl (C=O) groups excluding carboxylic acids is 3. The van der Waals surface area contributed by atoms with E-state index >= 15 is 0 Å². The molecule has 3 heterocycles. The topological polar surface area (TPSA) is 126 Å². The van der Waals surface area contributed by atoms with Crippen molar-refractivity contribution < 1.29 is 18.8 Å². The van der Waals surface area contributed by atoms with Gasteiger partial charge in [0.25, 0.3) is 5.91 Å². The van der Waals surface area contributed by atoms with Gasteiger partial charge in [-0.3, -0.25) is 19.4 Å². The third-order valence-corrected chi connectivity index (χ3v) is 7.26. The molecule has 5 rings (SSSR count). The minimum atomic E-state index is -0.943. The summed E-state index contributed by atoms with van der Waals surface area (Å²) in [5.41, 5.74) is 0.401. The van der Waals surface area contributed by atoms with Gasteiger partial charge >= 0.3 is 0 Å². The molecule has 2 aromatic heterocycles. The van der Waals surface area contributed by atoms with Gasteiger partial charge < -0.3 is 15.1 Å². The molecule has 1 saturated heterocycles. The van der Waals surface area contributed by atoms with Gasteiger partial charge in [0.1, 0.15) is 11.2 Å². The third-order valence-electron chi connectivity index (χ3n) is 7.26. The predicted molar refractivity (Wildman–Crippen MR) is 133 cm³/mol. The number of nitrogens with zero attached hydrogens (tertiary/aromatic N) is 7. The number of amides is 3. The molecule has 1 aliphatic carbocycles. The number of halogens is 1. The molecule has 0 spiro atoms. The Morgan fingerprint density at radius 2 is 2.05 bits per heavy atom. The van der Waals surface area contributed by atoms with Crippen molar-refractivity contribution in [3.63, 3.8) is 0 Å². The van der Waals surface area contributed by atoms with Crippen molar-refractivity contribution in [3.8, 4) is 5.69 Å². The first-order valence-electron chi connectivity index (χ1n) is 12.6. The molecule has 0 radical (unpaired) electrons. The van der Waals surface area contributed by atoms with Gasteiger partial charge in [-0.1, -0.05) is 6.07 Å². The average Bonchev–Trinajstić information content (AvgIpc) is 3.41. The van der Waals surface area contributed by atoms with Gasteiger partial charge in [0.05, 0.1) is 5.69 Å². The fraction of sp³-hybridized carbons (Fsp3) is 0.423. The molecule has 2 aliphatic rings. The molecule has 1 atom stereocenters. The highest BCUT2D eigenvalue weighted by atomic mass is 19.1. The Balaban J connectivity index is 1.36. The fourth-order valence-corrected chi connectivity index (χ4v) is 5.09. The van der Waals surface area contributed by atoms with Crippen LogP contribution in [-0.2, 0) is 16.1 Å². The van der Waals surface area contributed by atoms with E-state index in [-0.39, 0.29) is 35.7 Å². The summed E-state index contributed by atoms with van der Waals surface area (Å²) >= 11 is 0. The second kappa shape index (κ2) is 10.3. The van der Waals surface area contributed by atoms with E-state index < -0.39 is 11.2 Å². The van der Waals surface area contributed by atoms with Crippen LogP contribution < -0.4 is 5.32 Å². The number of aryl methyl sites for hydroxylation is 1. The fourth-order valence-electron chi connectivity index (χ4n) is 5.09. The summed E-state index contributed by atoms with van der Waals surface area (Å²) in [5, 5.41) is 13.9. The summed E-state index contributed by atoms with van der Waals surface area (Å²) in [6.07, 6.45) is 5.16. The highest BCUT2D eigenvalue weighted by Gasteiger charge is 2.58. The molecule has 3 aromatic rings. The number of hydrogen-bond donors (Lipinski definition) is 1. The summed E-state index contributed by atoms with van der Waals surface area (Å²) < 4.78 is 16.0. The van der Waals surface area contributed by atoms with Crippen LogP contribution >= 0.6 is 0 Å². The molecule has 11 nitrogen and oxygen atoms in total. The van der Waals surface area contributed by atoms with E-state index in [1.807, 2.05) is 6.07 Å². The lowest BCUT2D eigenvalue weighted by Crippen LogP contribution is -2.44. The Morgan fingerprint density at radius 1 is 1.24 bits per heavy atom. The first-order valence-corrected chi connectivity index (χ1v) is 12.6. The highest BCUT2D eigenvalue weighted by molar-refractivity contribution is 6.07. The van der Waals surface area contributed by atoms with Gasteiger partial charge in [-0.15, -0.1) is 5.10 Å².